The maximum absolute atomic E-state index is 12.3. The van der Waals surface area contributed by atoms with Gasteiger partial charge in [0.25, 0.3) is 0 Å². The Bertz CT molecular complexity index is 312. The Morgan fingerprint density at radius 3 is 2.72 bits per heavy atom. The van der Waals surface area contributed by atoms with Gasteiger partial charge in [-0.1, -0.05) is 12.8 Å². The van der Waals surface area contributed by atoms with Crippen LogP contribution in [0.25, 0.3) is 0 Å². The van der Waals surface area contributed by atoms with E-state index in [1.54, 1.807) is 0 Å². The number of rotatable bonds is 3. The summed E-state index contributed by atoms with van der Waals surface area (Å²) >= 11 is 0. The normalized spacial score (nSPS) is 40.7. The average Bonchev–Trinajstić information content (AvgIpc) is 3.02. The summed E-state index contributed by atoms with van der Waals surface area (Å²) in [5, 5.41) is 6.81. The Labute approximate surface area is 110 Å². The molecule has 1 heterocycles. The summed E-state index contributed by atoms with van der Waals surface area (Å²) in [6.45, 7) is 3.27. The van der Waals surface area contributed by atoms with Crippen LogP contribution in [0.5, 0.6) is 0 Å². The van der Waals surface area contributed by atoms with Gasteiger partial charge in [0.05, 0.1) is 0 Å². The van der Waals surface area contributed by atoms with Crippen LogP contribution >= 0.6 is 0 Å². The van der Waals surface area contributed by atoms with E-state index in [4.69, 9.17) is 0 Å². The molecular formula is C15H26N2O. The molecule has 102 valence electrons. The lowest BCUT2D eigenvalue weighted by molar-refractivity contribution is -0.127. The summed E-state index contributed by atoms with van der Waals surface area (Å²) in [4.78, 5) is 12.3. The van der Waals surface area contributed by atoms with E-state index in [2.05, 4.69) is 17.6 Å². The SMILES string of the molecule is CC(NC(=O)C1CC2CCC1C2)C1CCCCN1. The maximum Gasteiger partial charge on any atom is 0.223 e. The molecule has 1 amide bonds. The van der Waals surface area contributed by atoms with Crippen LogP contribution in [-0.4, -0.2) is 24.5 Å². The number of nitrogens with one attached hydrogen (secondary N) is 2. The van der Waals surface area contributed by atoms with Gasteiger partial charge in [-0.05, 0) is 57.4 Å². The molecule has 1 saturated heterocycles. The second-order valence-electron chi connectivity index (χ2n) is 6.64. The standard InChI is InChI=1S/C15H26N2O/c1-10(14-4-2-3-7-16-14)17-15(18)13-9-11-5-6-12(13)8-11/h10-14,16H,2-9H2,1H3,(H,17,18). The van der Waals surface area contributed by atoms with Crippen LogP contribution in [-0.2, 0) is 4.79 Å². The first kappa shape index (κ1) is 12.5. The molecule has 0 aromatic rings. The average molecular weight is 250 g/mol. The highest BCUT2D eigenvalue weighted by molar-refractivity contribution is 5.79. The smallest absolute Gasteiger partial charge is 0.223 e. The van der Waals surface area contributed by atoms with Crippen molar-refractivity contribution in [1.29, 1.82) is 0 Å². The molecule has 3 aliphatic rings. The predicted octanol–water partition coefficient (Wildman–Crippen LogP) is 2.07. The lowest BCUT2D eigenvalue weighted by Crippen LogP contribution is -2.51. The van der Waals surface area contributed by atoms with E-state index in [0.717, 1.165) is 18.9 Å². The fourth-order valence-electron chi connectivity index (χ4n) is 4.30. The molecule has 2 aliphatic carbocycles. The summed E-state index contributed by atoms with van der Waals surface area (Å²) in [5.74, 6) is 2.22. The van der Waals surface area contributed by atoms with Crippen molar-refractivity contribution < 1.29 is 4.79 Å². The van der Waals surface area contributed by atoms with Crippen LogP contribution in [0.3, 0.4) is 0 Å². The highest BCUT2D eigenvalue weighted by Crippen LogP contribution is 2.48. The minimum Gasteiger partial charge on any atom is -0.352 e. The number of hydrogen-bond acceptors (Lipinski definition) is 2. The van der Waals surface area contributed by atoms with E-state index in [9.17, 15) is 4.79 Å². The molecule has 1 aliphatic heterocycles. The van der Waals surface area contributed by atoms with E-state index >= 15 is 0 Å². The monoisotopic (exact) mass is 250 g/mol. The predicted molar refractivity (Wildman–Crippen MR) is 72.2 cm³/mol. The third kappa shape index (κ3) is 2.42. The zero-order chi connectivity index (χ0) is 12.5. The van der Waals surface area contributed by atoms with Crippen LogP contribution in [0.2, 0.25) is 0 Å². The summed E-state index contributed by atoms with van der Waals surface area (Å²) in [7, 11) is 0. The molecule has 2 bridgehead atoms. The third-order valence-electron chi connectivity index (χ3n) is 5.40. The minimum absolute atomic E-state index is 0.289. The molecule has 3 heteroatoms. The lowest BCUT2D eigenvalue weighted by Gasteiger charge is -2.31. The van der Waals surface area contributed by atoms with Gasteiger partial charge in [-0.25, -0.2) is 0 Å². The number of carbonyl (C=O) groups is 1. The van der Waals surface area contributed by atoms with Crippen LogP contribution in [0.15, 0.2) is 0 Å². The molecule has 3 fully saturated rings. The van der Waals surface area contributed by atoms with Crippen molar-refractivity contribution in [3.8, 4) is 0 Å². The molecule has 5 unspecified atom stereocenters. The number of amides is 1. The molecule has 0 spiro atoms. The Balaban J connectivity index is 1.51. The first-order chi connectivity index (χ1) is 8.74. The van der Waals surface area contributed by atoms with Crippen LogP contribution in [0.1, 0.15) is 51.9 Å². The number of piperidine rings is 1. The molecule has 3 nitrogen and oxygen atoms in total. The lowest BCUT2D eigenvalue weighted by atomic mass is 9.87. The zero-order valence-corrected chi connectivity index (χ0v) is 11.5. The second kappa shape index (κ2) is 5.20. The molecule has 2 saturated carbocycles. The van der Waals surface area contributed by atoms with Crippen LogP contribution in [0, 0.1) is 17.8 Å². The van der Waals surface area contributed by atoms with E-state index in [-0.39, 0.29) is 6.04 Å². The molecule has 0 radical (unpaired) electrons. The van der Waals surface area contributed by atoms with Crippen molar-refractivity contribution in [2.45, 2.75) is 64.0 Å². The van der Waals surface area contributed by atoms with Gasteiger partial charge < -0.3 is 10.6 Å². The number of fused-ring (bicyclic) bond motifs is 2. The Hall–Kier alpha value is -0.570. The van der Waals surface area contributed by atoms with Gasteiger partial charge in [-0.15, -0.1) is 0 Å². The second-order valence-corrected chi connectivity index (χ2v) is 6.64. The molecule has 2 N–H and O–H groups in total. The number of carbonyl (C=O) groups excluding carboxylic acids is 1. The topological polar surface area (TPSA) is 41.1 Å². The Morgan fingerprint density at radius 2 is 2.11 bits per heavy atom. The van der Waals surface area contributed by atoms with Gasteiger partial charge >= 0.3 is 0 Å². The Kier molecular flexibility index (Phi) is 3.60. The summed E-state index contributed by atoms with van der Waals surface area (Å²) in [6.07, 6.45) is 8.91. The largest absolute Gasteiger partial charge is 0.352 e. The van der Waals surface area contributed by atoms with E-state index < -0.39 is 0 Å². The van der Waals surface area contributed by atoms with E-state index in [1.807, 2.05) is 0 Å². The van der Waals surface area contributed by atoms with Crippen molar-refractivity contribution in [2.24, 2.45) is 17.8 Å². The van der Waals surface area contributed by atoms with Gasteiger partial charge in [-0.2, -0.15) is 0 Å². The van der Waals surface area contributed by atoms with Gasteiger partial charge in [-0.3, -0.25) is 4.79 Å². The van der Waals surface area contributed by atoms with Gasteiger partial charge in [0.2, 0.25) is 5.91 Å². The molecule has 5 atom stereocenters. The van der Waals surface area contributed by atoms with Gasteiger partial charge in [0.1, 0.15) is 0 Å². The van der Waals surface area contributed by atoms with Crippen LogP contribution in [0.4, 0.5) is 0 Å². The molecule has 0 aromatic heterocycles. The first-order valence-corrected chi connectivity index (χ1v) is 7.78. The van der Waals surface area contributed by atoms with Crippen LogP contribution < -0.4 is 10.6 Å². The summed E-state index contributed by atoms with van der Waals surface area (Å²) in [6, 6.07) is 0.776. The fourth-order valence-corrected chi connectivity index (χ4v) is 4.30. The number of hydrogen-bond donors (Lipinski definition) is 2. The van der Waals surface area contributed by atoms with Gasteiger partial charge in [0.15, 0.2) is 0 Å². The van der Waals surface area contributed by atoms with Crippen molar-refractivity contribution in [2.75, 3.05) is 6.54 Å². The van der Waals surface area contributed by atoms with Crippen molar-refractivity contribution in [3.63, 3.8) is 0 Å². The fraction of sp³-hybridized carbons (Fsp3) is 0.933. The zero-order valence-electron chi connectivity index (χ0n) is 11.5. The molecule has 3 rings (SSSR count). The quantitative estimate of drug-likeness (QED) is 0.805. The highest BCUT2D eigenvalue weighted by Gasteiger charge is 2.43. The summed E-state index contributed by atoms with van der Waals surface area (Å²) < 4.78 is 0. The molecular weight excluding hydrogens is 224 g/mol. The Morgan fingerprint density at radius 1 is 1.22 bits per heavy atom. The van der Waals surface area contributed by atoms with E-state index in [1.165, 1.54) is 38.5 Å². The van der Waals surface area contributed by atoms with E-state index in [0.29, 0.717) is 23.8 Å². The van der Waals surface area contributed by atoms with Gasteiger partial charge in [0, 0.05) is 18.0 Å². The third-order valence-corrected chi connectivity index (χ3v) is 5.40. The van der Waals surface area contributed by atoms with Crippen molar-refractivity contribution in [3.05, 3.63) is 0 Å². The van der Waals surface area contributed by atoms with Crippen molar-refractivity contribution in [1.82, 2.24) is 10.6 Å². The minimum atomic E-state index is 0.289. The molecule has 18 heavy (non-hydrogen) atoms. The summed E-state index contributed by atoms with van der Waals surface area (Å²) in [5.41, 5.74) is 0. The molecule has 0 aromatic carbocycles. The van der Waals surface area contributed by atoms with Crippen molar-refractivity contribution >= 4 is 5.91 Å². The highest BCUT2D eigenvalue weighted by atomic mass is 16.2. The first-order valence-electron chi connectivity index (χ1n) is 7.78. The maximum atomic E-state index is 12.3.